The maximum Gasteiger partial charge on any atom is 0.511 e. The van der Waals surface area contributed by atoms with Crippen LogP contribution < -0.4 is 15.1 Å². The van der Waals surface area contributed by atoms with Crippen molar-refractivity contribution >= 4 is 40.3 Å². The molecule has 3 aliphatic rings. The van der Waals surface area contributed by atoms with Gasteiger partial charge in [-0.1, -0.05) is 23.8 Å². The largest absolute Gasteiger partial charge is 0.511 e. The number of allylic oxidation sites excluding steroid dienone is 1. The second kappa shape index (κ2) is 8.30. The van der Waals surface area contributed by atoms with Gasteiger partial charge in [-0.25, -0.2) is 9.18 Å². The predicted molar refractivity (Wildman–Crippen MR) is 125 cm³/mol. The van der Waals surface area contributed by atoms with E-state index in [9.17, 15) is 14.4 Å². The number of rotatable bonds is 4. The van der Waals surface area contributed by atoms with E-state index in [1.165, 1.54) is 13.1 Å². The molecule has 1 N–H and O–H groups in total. The number of nitrogens with zero attached hydrogens (tertiary/aromatic N) is 3. The highest BCUT2D eigenvalue weighted by Crippen LogP contribution is 2.45. The number of aromatic nitrogens is 1. The monoisotopic (exact) mass is 489 g/mol. The summed E-state index contributed by atoms with van der Waals surface area (Å²) in [6, 6.07) is 1.09. The van der Waals surface area contributed by atoms with Gasteiger partial charge < -0.3 is 24.2 Å². The summed E-state index contributed by atoms with van der Waals surface area (Å²) < 4.78 is 21.9. The number of likely N-dealkylation sites (N-methyl/N-ethyl adjacent to an activating group) is 1. The van der Waals surface area contributed by atoms with Gasteiger partial charge in [-0.15, -0.1) is 0 Å². The highest BCUT2D eigenvalue weighted by molar-refractivity contribution is 6.38. The topological polar surface area (TPSA) is 92.1 Å². The summed E-state index contributed by atoms with van der Waals surface area (Å²) >= 11 is 6.80. The van der Waals surface area contributed by atoms with Crippen molar-refractivity contribution in [2.75, 3.05) is 25.0 Å². The minimum Gasteiger partial charge on any atom is -0.449 e. The highest BCUT2D eigenvalue weighted by atomic mass is 35.5. The van der Waals surface area contributed by atoms with Crippen LogP contribution in [-0.4, -0.2) is 52.8 Å². The molecule has 1 saturated heterocycles. The fourth-order valence-corrected chi connectivity index (χ4v) is 5.79. The first-order valence-electron chi connectivity index (χ1n) is 11.3. The van der Waals surface area contributed by atoms with Gasteiger partial charge in [0.2, 0.25) is 11.3 Å². The molecule has 0 radical (unpaired) electrons. The van der Waals surface area contributed by atoms with Crippen LogP contribution in [0, 0.1) is 17.7 Å². The van der Waals surface area contributed by atoms with Gasteiger partial charge in [-0.05, 0) is 31.2 Å². The fraction of sp³-hybridized carbons (Fsp3) is 0.458. The lowest BCUT2D eigenvalue weighted by Crippen LogP contribution is -2.43. The van der Waals surface area contributed by atoms with E-state index in [-0.39, 0.29) is 51.7 Å². The second-order valence-corrected chi connectivity index (χ2v) is 9.74. The third kappa shape index (κ3) is 3.72. The van der Waals surface area contributed by atoms with Gasteiger partial charge in [-0.2, -0.15) is 0 Å². The first-order chi connectivity index (χ1) is 16.2. The van der Waals surface area contributed by atoms with Gasteiger partial charge >= 0.3 is 6.16 Å². The zero-order valence-electron chi connectivity index (χ0n) is 18.8. The zero-order chi connectivity index (χ0) is 24.3. The number of pyridine rings is 1. The maximum atomic E-state index is 15.5. The number of hydrogen-bond donors (Lipinski definition) is 1. The van der Waals surface area contributed by atoms with Crippen LogP contribution in [0.15, 0.2) is 29.2 Å². The molecule has 1 amide bonds. The molecule has 1 saturated carbocycles. The van der Waals surface area contributed by atoms with Gasteiger partial charge in [0.1, 0.15) is 5.82 Å². The lowest BCUT2D eigenvalue weighted by atomic mass is 9.81. The van der Waals surface area contributed by atoms with Crippen LogP contribution in [0.5, 0.6) is 5.75 Å². The number of carboxylic acid groups (broad SMARTS) is 1. The molecular formula is C24H25ClFN3O5. The molecule has 180 valence electrons. The van der Waals surface area contributed by atoms with E-state index in [0.29, 0.717) is 18.6 Å². The molecule has 2 aromatic rings. The van der Waals surface area contributed by atoms with Gasteiger partial charge in [0.15, 0.2) is 5.75 Å². The Balaban J connectivity index is 1.59. The molecule has 3 unspecified atom stereocenters. The van der Waals surface area contributed by atoms with Crippen LogP contribution in [-0.2, 0) is 4.79 Å². The van der Waals surface area contributed by atoms with E-state index in [1.54, 1.807) is 16.5 Å². The summed E-state index contributed by atoms with van der Waals surface area (Å²) in [6.45, 7) is 2.63. The third-order valence-electron chi connectivity index (χ3n) is 7.25. The summed E-state index contributed by atoms with van der Waals surface area (Å²) in [5, 5.41) is 9.11. The Morgan fingerprint density at radius 1 is 1.29 bits per heavy atom. The van der Waals surface area contributed by atoms with E-state index in [0.717, 1.165) is 25.3 Å². The van der Waals surface area contributed by atoms with Crippen molar-refractivity contribution in [3.05, 3.63) is 45.5 Å². The number of carbonyl (C=O) groups is 2. The van der Waals surface area contributed by atoms with Crippen LogP contribution in [0.3, 0.4) is 0 Å². The van der Waals surface area contributed by atoms with Crippen molar-refractivity contribution in [3.8, 4) is 5.75 Å². The van der Waals surface area contributed by atoms with Gasteiger partial charge in [-0.3, -0.25) is 9.59 Å². The van der Waals surface area contributed by atoms with Crippen LogP contribution in [0.25, 0.3) is 10.9 Å². The van der Waals surface area contributed by atoms with Gasteiger partial charge in [0.25, 0.3) is 0 Å². The summed E-state index contributed by atoms with van der Waals surface area (Å²) in [6.07, 6.45) is 6.37. The molecule has 3 atom stereocenters. The summed E-state index contributed by atoms with van der Waals surface area (Å²) in [5.41, 5.74) is -0.105. The molecule has 34 heavy (non-hydrogen) atoms. The minimum atomic E-state index is -1.61. The smallest absolute Gasteiger partial charge is 0.449 e. The lowest BCUT2D eigenvalue weighted by Gasteiger charge is -2.35. The van der Waals surface area contributed by atoms with Crippen molar-refractivity contribution in [1.82, 2.24) is 9.47 Å². The number of hydrogen-bond acceptors (Lipinski definition) is 5. The van der Waals surface area contributed by atoms with Crippen LogP contribution in [0.4, 0.5) is 14.9 Å². The Kier molecular flexibility index (Phi) is 5.55. The molecule has 0 spiro atoms. The molecule has 1 aromatic heterocycles. The van der Waals surface area contributed by atoms with Gasteiger partial charge in [0.05, 0.1) is 33.9 Å². The number of anilines is 1. The Bertz CT molecular complexity index is 1290. The van der Waals surface area contributed by atoms with Crippen LogP contribution in [0.2, 0.25) is 5.02 Å². The van der Waals surface area contributed by atoms with E-state index in [1.807, 2.05) is 11.0 Å². The molecular weight excluding hydrogens is 465 g/mol. The molecule has 0 bridgehead atoms. The molecule has 1 aromatic carbocycles. The quantitative estimate of drug-likeness (QED) is 0.514. The maximum absolute atomic E-state index is 15.5. The lowest BCUT2D eigenvalue weighted by molar-refractivity contribution is -0.129. The Labute approximate surface area is 200 Å². The SMILES string of the molecule is CC(=O)N(C)C1C=CCC2CN(c3c(F)cc4c(=O)c(OC(=O)O)cn(C5CC5)c4c3Cl)CC21. The molecule has 8 nitrogen and oxygen atoms in total. The average molecular weight is 490 g/mol. The number of halogens is 2. The first-order valence-corrected chi connectivity index (χ1v) is 11.7. The molecule has 2 aliphatic carbocycles. The molecule has 5 rings (SSSR count). The summed E-state index contributed by atoms with van der Waals surface area (Å²) in [5.74, 6) is -0.686. The summed E-state index contributed by atoms with van der Waals surface area (Å²) in [4.78, 5) is 39.6. The number of carbonyl (C=O) groups excluding carboxylic acids is 1. The number of fused-ring (bicyclic) bond motifs is 2. The number of amides is 1. The van der Waals surface area contributed by atoms with Crippen molar-refractivity contribution in [2.45, 2.75) is 38.3 Å². The molecule has 2 heterocycles. The predicted octanol–water partition coefficient (Wildman–Crippen LogP) is 4.04. The van der Waals surface area contributed by atoms with E-state index >= 15 is 4.39 Å². The fourth-order valence-electron chi connectivity index (χ4n) is 5.38. The van der Waals surface area contributed by atoms with Crippen molar-refractivity contribution in [2.24, 2.45) is 11.8 Å². The van der Waals surface area contributed by atoms with E-state index in [2.05, 4.69) is 10.8 Å². The van der Waals surface area contributed by atoms with Crippen LogP contribution in [0.1, 0.15) is 32.2 Å². The zero-order valence-corrected chi connectivity index (χ0v) is 19.6. The number of benzene rings is 1. The Morgan fingerprint density at radius 2 is 2.03 bits per heavy atom. The standard InChI is InChI=1S/C24H25ClFN3O5/c1-12(30)27(2)18-5-3-4-13-9-28(10-16(13)18)22-17(26)8-15-21(20(22)25)29(14-6-7-14)11-19(23(15)31)34-24(32)33/h3,5,8,11,13-14,16,18H,4,6-7,9-10H2,1-2H3,(H,32,33). The highest BCUT2D eigenvalue weighted by Gasteiger charge is 2.42. The minimum absolute atomic E-state index is 0.00984. The molecule has 2 fully saturated rings. The van der Waals surface area contributed by atoms with Crippen molar-refractivity contribution in [3.63, 3.8) is 0 Å². The first kappa shape index (κ1) is 22.7. The van der Waals surface area contributed by atoms with Crippen molar-refractivity contribution in [1.29, 1.82) is 0 Å². The van der Waals surface area contributed by atoms with E-state index < -0.39 is 17.4 Å². The Hall–Kier alpha value is -3.07. The van der Waals surface area contributed by atoms with Crippen LogP contribution >= 0.6 is 11.6 Å². The number of ether oxygens (including phenoxy) is 1. The molecule has 1 aliphatic heterocycles. The third-order valence-corrected chi connectivity index (χ3v) is 7.61. The van der Waals surface area contributed by atoms with Gasteiger partial charge in [0, 0.05) is 39.0 Å². The Morgan fingerprint density at radius 3 is 2.68 bits per heavy atom. The van der Waals surface area contributed by atoms with Crippen molar-refractivity contribution < 1.29 is 23.8 Å². The summed E-state index contributed by atoms with van der Waals surface area (Å²) in [7, 11) is 1.77. The molecule has 10 heteroatoms. The normalized spacial score (nSPS) is 23.8. The van der Waals surface area contributed by atoms with E-state index in [4.69, 9.17) is 16.7 Å². The average Bonchev–Trinajstić information content (AvgIpc) is 3.53. The second-order valence-electron chi connectivity index (χ2n) is 9.36.